The van der Waals surface area contributed by atoms with Crippen LogP contribution in [0.2, 0.25) is 0 Å². The third kappa shape index (κ3) is 3.88. The van der Waals surface area contributed by atoms with E-state index in [0.29, 0.717) is 0 Å². The third-order valence-corrected chi connectivity index (χ3v) is 3.47. The molecule has 0 amide bonds. The van der Waals surface area contributed by atoms with Gasteiger partial charge in [-0.2, -0.15) is 0 Å². The fourth-order valence-electron chi connectivity index (χ4n) is 2.15. The molecule has 2 aromatic rings. The zero-order valence-electron chi connectivity index (χ0n) is 11.4. The van der Waals surface area contributed by atoms with Crippen LogP contribution in [0.1, 0.15) is 36.1 Å². The van der Waals surface area contributed by atoms with Gasteiger partial charge >= 0.3 is 0 Å². The van der Waals surface area contributed by atoms with Gasteiger partial charge in [0.15, 0.2) is 0 Å². The van der Waals surface area contributed by atoms with Crippen molar-refractivity contribution in [2.75, 3.05) is 6.54 Å². The maximum Gasteiger partial charge on any atom is 0.0592 e. The molecule has 0 saturated heterocycles. The summed E-state index contributed by atoms with van der Waals surface area (Å²) in [5, 5.41) is 3.60. The van der Waals surface area contributed by atoms with E-state index in [2.05, 4.69) is 70.4 Å². The van der Waals surface area contributed by atoms with Gasteiger partial charge in [0.1, 0.15) is 0 Å². The highest BCUT2D eigenvalue weighted by Gasteiger charge is 2.13. The number of pyridine rings is 1. The predicted octanol–water partition coefficient (Wildman–Crippen LogP) is 4.24. The molecule has 19 heavy (non-hydrogen) atoms. The van der Waals surface area contributed by atoms with Crippen LogP contribution >= 0.6 is 15.9 Å². The van der Waals surface area contributed by atoms with Crippen molar-refractivity contribution in [3.63, 3.8) is 0 Å². The van der Waals surface area contributed by atoms with Gasteiger partial charge in [0.25, 0.3) is 0 Å². The number of halogens is 1. The van der Waals surface area contributed by atoms with E-state index in [9.17, 15) is 0 Å². The third-order valence-electron chi connectivity index (χ3n) is 3.03. The first-order valence-electron chi connectivity index (χ1n) is 6.61. The fourth-order valence-corrected chi connectivity index (χ4v) is 2.54. The molecular formula is C16H19BrN2. The largest absolute Gasteiger partial charge is 0.306 e. The highest BCUT2D eigenvalue weighted by Crippen LogP contribution is 2.24. The molecule has 0 fully saturated rings. The normalized spacial score (nSPS) is 12.4. The molecule has 0 aliphatic heterocycles. The highest BCUT2D eigenvalue weighted by molar-refractivity contribution is 9.10. The summed E-state index contributed by atoms with van der Waals surface area (Å²) < 4.78 is 1.01. The number of hydrogen-bond donors (Lipinski definition) is 1. The van der Waals surface area contributed by atoms with E-state index in [1.165, 1.54) is 16.7 Å². The van der Waals surface area contributed by atoms with E-state index in [1.54, 1.807) is 0 Å². The summed E-state index contributed by atoms with van der Waals surface area (Å²) in [6.45, 7) is 5.30. The Morgan fingerprint density at radius 2 is 2.05 bits per heavy atom. The van der Waals surface area contributed by atoms with E-state index >= 15 is 0 Å². The summed E-state index contributed by atoms with van der Waals surface area (Å²) in [7, 11) is 0. The predicted molar refractivity (Wildman–Crippen MR) is 83.3 cm³/mol. The molecule has 0 aliphatic rings. The van der Waals surface area contributed by atoms with Crippen molar-refractivity contribution >= 4 is 15.9 Å². The number of nitrogens with zero attached hydrogens (tertiary/aromatic N) is 1. The lowest BCUT2D eigenvalue weighted by Gasteiger charge is -2.20. The molecule has 1 atom stereocenters. The summed E-state index contributed by atoms with van der Waals surface area (Å²) >= 11 is 3.50. The lowest BCUT2D eigenvalue weighted by atomic mass is 9.98. The van der Waals surface area contributed by atoms with E-state index in [4.69, 9.17) is 0 Å². The monoisotopic (exact) mass is 318 g/mol. The first kappa shape index (κ1) is 14.2. The van der Waals surface area contributed by atoms with Crippen LogP contribution in [0, 0.1) is 6.92 Å². The van der Waals surface area contributed by atoms with Gasteiger partial charge in [-0.15, -0.1) is 0 Å². The molecule has 1 aromatic heterocycles. The number of hydrogen-bond acceptors (Lipinski definition) is 2. The van der Waals surface area contributed by atoms with Gasteiger partial charge in [-0.05, 0) is 53.0 Å². The molecule has 1 heterocycles. The van der Waals surface area contributed by atoms with E-state index in [-0.39, 0.29) is 6.04 Å². The summed E-state index contributed by atoms with van der Waals surface area (Å²) in [6, 6.07) is 11.0. The number of rotatable bonds is 5. The van der Waals surface area contributed by atoms with Crippen LogP contribution in [-0.2, 0) is 0 Å². The standard InChI is InChI=1S/C16H19BrN2/c1-3-7-19-16(13-6-4-5-12(2)8-13)14-9-15(17)11-18-10-14/h4-6,8-11,16,19H,3,7H2,1-2H3. The van der Waals surface area contributed by atoms with Crippen LogP contribution in [0.15, 0.2) is 47.2 Å². The van der Waals surface area contributed by atoms with Crippen molar-refractivity contribution < 1.29 is 0 Å². The second-order valence-electron chi connectivity index (χ2n) is 4.74. The van der Waals surface area contributed by atoms with Crippen LogP contribution in [-0.4, -0.2) is 11.5 Å². The molecule has 0 aliphatic carbocycles. The molecular weight excluding hydrogens is 300 g/mol. The average molecular weight is 319 g/mol. The Bertz CT molecular complexity index is 494. The van der Waals surface area contributed by atoms with Crippen LogP contribution in [0.25, 0.3) is 0 Å². The van der Waals surface area contributed by atoms with Crippen LogP contribution < -0.4 is 5.32 Å². The molecule has 2 rings (SSSR count). The van der Waals surface area contributed by atoms with E-state index < -0.39 is 0 Å². The van der Waals surface area contributed by atoms with Crippen molar-refractivity contribution in [3.8, 4) is 0 Å². The number of aryl methyl sites for hydroxylation is 1. The van der Waals surface area contributed by atoms with Crippen molar-refractivity contribution in [2.45, 2.75) is 26.3 Å². The van der Waals surface area contributed by atoms with Crippen LogP contribution in [0.4, 0.5) is 0 Å². The van der Waals surface area contributed by atoms with Gasteiger partial charge in [-0.3, -0.25) is 4.98 Å². The van der Waals surface area contributed by atoms with Gasteiger partial charge in [-0.1, -0.05) is 36.8 Å². The van der Waals surface area contributed by atoms with Gasteiger partial charge < -0.3 is 5.32 Å². The lowest BCUT2D eigenvalue weighted by molar-refractivity contribution is 0.596. The zero-order chi connectivity index (χ0) is 13.7. The topological polar surface area (TPSA) is 24.9 Å². The number of benzene rings is 1. The summed E-state index contributed by atoms with van der Waals surface area (Å²) in [5.41, 5.74) is 3.76. The second kappa shape index (κ2) is 6.83. The molecule has 3 heteroatoms. The maximum absolute atomic E-state index is 4.27. The Labute approximate surface area is 123 Å². The average Bonchev–Trinajstić information content (AvgIpc) is 2.39. The van der Waals surface area contributed by atoms with Gasteiger partial charge in [-0.25, -0.2) is 0 Å². The molecule has 100 valence electrons. The fraction of sp³-hybridized carbons (Fsp3) is 0.312. The lowest BCUT2D eigenvalue weighted by Crippen LogP contribution is -2.23. The Morgan fingerprint density at radius 1 is 1.21 bits per heavy atom. The smallest absolute Gasteiger partial charge is 0.0592 e. The molecule has 1 N–H and O–H groups in total. The Balaban J connectivity index is 2.35. The highest BCUT2D eigenvalue weighted by atomic mass is 79.9. The van der Waals surface area contributed by atoms with Gasteiger partial charge in [0.05, 0.1) is 6.04 Å². The minimum atomic E-state index is 0.199. The summed E-state index contributed by atoms with van der Waals surface area (Å²) in [4.78, 5) is 4.27. The summed E-state index contributed by atoms with van der Waals surface area (Å²) in [6.07, 6.45) is 4.86. The first-order valence-corrected chi connectivity index (χ1v) is 7.40. The van der Waals surface area contributed by atoms with Crippen molar-refractivity contribution in [3.05, 3.63) is 63.9 Å². The Morgan fingerprint density at radius 3 is 2.74 bits per heavy atom. The molecule has 0 bridgehead atoms. The van der Waals surface area contributed by atoms with Crippen molar-refractivity contribution in [1.82, 2.24) is 10.3 Å². The minimum absolute atomic E-state index is 0.199. The van der Waals surface area contributed by atoms with Crippen molar-refractivity contribution in [2.24, 2.45) is 0 Å². The molecule has 0 spiro atoms. The maximum atomic E-state index is 4.27. The van der Waals surface area contributed by atoms with Crippen LogP contribution in [0.5, 0.6) is 0 Å². The van der Waals surface area contributed by atoms with E-state index in [1.807, 2.05) is 12.4 Å². The zero-order valence-corrected chi connectivity index (χ0v) is 12.9. The molecule has 0 saturated carbocycles. The van der Waals surface area contributed by atoms with Crippen LogP contribution in [0.3, 0.4) is 0 Å². The SMILES string of the molecule is CCCNC(c1cccc(C)c1)c1cncc(Br)c1. The first-order chi connectivity index (χ1) is 9.20. The molecule has 0 radical (unpaired) electrons. The van der Waals surface area contributed by atoms with Gasteiger partial charge in [0, 0.05) is 16.9 Å². The number of aromatic nitrogens is 1. The van der Waals surface area contributed by atoms with E-state index in [0.717, 1.165) is 17.4 Å². The summed E-state index contributed by atoms with van der Waals surface area (Å²) in [5.74, 6) is 0. The quantitative estimate of drug-likeness (QED) is 0.891. The van der Waals surface area contributed by atoms with Crippen molar-refractivity contribution in [1.29, 1.82) is 0 Å². The second-order valence-corrected chi connectivity index (χ2v) is 5.65. The molecule has 1 aromatic carbocycles. The Hall–Kier alpha value is -1.19. The Kier molecular flexibility index (Phi) is 5.11. The molecule has 2 nitrogen and oxygen atoms in total. The van der Waals surface area contributed by atoms with Gasteiger partial charge in [0.2, 0.25) is 0 Å². The molecule has 1 unspecified atom stereocenters. The number of nitrogens with one attached hydrogen (secondary N) is 1. The minimum Gasteiger partial charge on any atom is -0.306 e.